The van der Waals surface area contributed by atoms with Crippen LogP contribution in [0.4, 0.5) is 0 Å². The third-order valence-electron chi connectivity index (χ3n) is 3.98. The van der Waals surface area contributed by atoms with Crippen LogP contribution in [0.5, 0.6) is 11.5 Å². The van der Waals surface area contributed by atoms with Crippen LogP contribution < -0.4 is 9.47 Å². The fraction of sp³-hybridized carbons (Fsp3) is 0.571. The minimum absolute atomic E-state index is 0.219. The van der Waals surface area contributed by atoms with Crippen LogP contribution in [0.1, 0.15) is 11.6 Å². The zero-order chi connectivity index (χ0) is 14.9. The van der Waals surface area contributed by atoms with E-state index in [0.717, 1.165) is 5.56 Å². The Bertz CT molecular complexity index is 467. The Morgan fingerprint density at radius 1 is 1.15 bits per heavy atom. The van der Waals surface area contributed by atoms with Gasteiger partial charge in [-0.25, -0.2) is 0 Å². The van der Waals surface area contributed by atoms with Gasteiger partial charge in [0.25, 0.3) is 0 Å². The Kier molecular flexibility index (Phi) is 4.49. The molecule has 0 amide bonds. The standard InChI is InChI=1S/C14H21NO5/c1-15-10(7-16)13(17)14(18)12(15)9-5-4-8(19-2)6-11(9)20-3/h4-6,10,12-14,16-18H,7H2,1-3H3/t10-,12-,13-,14-/m1/s1. The fourth-order valence-electron chi connectivity index (χ4n) is 2.81. The molecule has 2 rings (SSSR count). The van der Waals surface area contributed by atoms with Gasteiger partial charge in [0.05, 0.1) is 39.0 Å². The van der Waals surface area contributed by atoms with Crippen molar-refractivity contribution in [3.8, 4) is 11.5 Å². The van der Waals surface area contributed by atoms with E-state index < -0.39 is 24.3 Å². The molecule has 112 valence electrons. The van der Waals surface area contributed by atoms with Crippen molar-refractivity contribution in [1.29, 1.82) is 0 Å². The zero-order valence-corrected chi connectivity index (χ0v) is 11.9. The summed E-state index contributed by atoms with van der Waals surface area (Å²) in [7, 11) is 4.87. The first kappa shape index (κ1) is 15.1. The van der Waals surface area contributed by atoms with E-state index in [2.05, 4.69) is 0 Å². The van der Waals surface area contributed by atoms with Gasteiger partial charge in [-0.2, -0.15) is 0 Å². The molecule has 1 aliphatic heterocycles. The Labute approximate surface area is 118 Å². The molecule has 1 saturated heterocycles. The third kappa shape index (κ3) is 2.35. The molecule has 6 nitrogen and oxygen atoms in total. The van der Waals surface area contributed by atoms with Crippen LogP contribution in [-0.2, 0) is 0 Å². The maximum Gasteiger partial charge on any atom is 0.127 e. The Balaban J connectivity index is 2.40. The van der Waals surface area contributed by atoms with Gasteiger partial charge in [0.1, 0.15) is 17.6 Å². The normalized spacial score (nSPS) is 30.5. The molecule has 1 fully saturated rings. The maximum atomic E-state index is 10.2. The molecule has 1 aromatic carbocycles. The number of likely N-dealkylation sites (tertiary alicyclic amines) is 1. The van der Waals surface area contributed by atoms with Gasteiger partial charge in [0.15, 0.2) is 0 Å². The lowest BCUT2D eigenvalue weighted by Crippen LogP contribution is -2.37. The van der Waals surface area contributed by atoms with Crippen LogP contribution >= 0.6 is 0 Å². The zero-order valence-electron chi connectivity index (χ0n) is 11.9. The number of ether oxygens (including phenoxy) is 2. The minimum Gasteiger partial charge on any atom is -0.497 e. The minimum atomic E-state index is -0.998. The van der Waals surface area contributed by atoms with E-state index in [9.17, 15) is 15.3 Å². The maximum absolute atomic E-state index is 10.2. The van der Waals surface area contributed by atoms with Gasteiger partial charge < -0.3 is 24.8 Å². The number of methoxy groups -OCH3 is 2. The number of aliphatic hydroxyl groups is 3. The molecule has 0 aromatic heterocycles. The first-order valence-corrected chi connectivity index (χ1v) is 6.46. The predicted octanol–water partition coefficient (Wildman–Crippen LogP) is -0.227. The number of likely N-dealkylation sites (N-methyl/N-ethyl adjacent to an activating group) is 1. The molecule has 0 unspecified atom stereocenters. The first-order valence-electron chi connectivity index (χ1n) is 6.46. The summed E-state index contributed by atoms with van der Waals surface area (Å²) in [5.74, 6) is 1.23. The molecule has 0 radical (unpaired) electrons. The Morgan fingerprint density at radius 3 is 2.35 bits per heavy atom. The lowest BCUT2D eigenvalue weighted by molar-refractivity contribution is 0.0182. The number of aliphatic hydroxyl groups excluding tert-OH is 3. The van der Waals surface area contributed by atoms with Crippen molar-refractivity contribution in [2.75, 3.05) is 27.9 Å². The molecule has 1 aliphatic rings. The van der Waals surface area contributed by atoms with Crippen LogP contribution in [0.15, 0.2) is 18.2 Å². The van der Waals surface area contributed by atoms with Crippen molar-refractivity contribution in [3.05, 3.63) is 23.8 Å². The van der Waals surface area contributed by atoms with E-state index >= 15 is 0 Å². The van der Waals surface area contributed by atoms with Crippen molar-refractivity contribution in [2.24, 2.45) is 0 Å². The topological polar surface area (TPSA) is 82.4 Å². The summed E-state index contributed by atoms with van der Waals surface area (Å²) >= 11 is 0. The van der Waals surface area contributed by atoms with Crippen LogP contribution in [0.2, 0.25) is 0 Å². The van der Waals surface area contributed by atoms with Crippen molar-refractivity contribution >= 4 is 0 Å². The summed E-state index contributed by atoms with van der Waals surface area (Å²) in [6.45, 7) is -0.219. The summed E-state index contributed by atoms with van der Waals surface area (Å²) in [5, 5.41) is 29.6. The second kappa shape index (κ2) is 5.97. The summed E-state index contributed by atoms with van der Waals surface area (Å²) in [6, 6.07) is 4.37. The van der Waals surface area contributed by atoms with E-state index in [-0.39, 0.29) is 6.61 Å². The second-order valence-electron chi connectivity index (χ2n) is 4.95. The number of nitrogens with zero attached hydrogens (tertiary/aromatic N) is 1. The largest absolute Gasteiger partial charge is 0.497 e. The molecule has 0 bridgehead atoms. The molecule has 3 N–H and O–H groups in total. The third-order valence-corrected chi connectivity index (χ3v) is 3.98. The highest BCUT2D eigenvalue weighted by Gasteiger charge is 2.46. The molecule has 20 heavy (non-hydrogen) atoms. The average molecular weight is 283 g/mol. The quantitative estimate of drug-likeness (QED) is 0.708. The lowest BCUT2D eigenvalue weighted by atomic mass is 9.99. The van der Waals surface area contributed by atoms with E-state index in [1.165, 1.54) is 0 Å². The number of hydrogen-bond acceptors (Lipinski definition) is 6. The van der Waals surface area contributed by atoms with Gasteiger partial charge in [-0.1, -0.05) is 0 Å². The lowest BCUT2D eigenvalue weighted by Gasteiger charge is -2.26. The highest BCUT2D eigenvalue weighted by Crippen LogP contribution is 2.40. The monoisotopic (exact) mass is 283 g/mol. The predicted molar refractivity (Wildman–Crippen MR) is 72.9 cm³/mol. The summed E-state index contributed by atoms with van der Waals surface area (Å²) in [5.41, 5.74) is 0.748. The van der Waals surface area contributed by atoms with Gasteiger partial charge in [-0.3, -0.25) is 4.90 Å². The Hall–Kier alpha value is -1.34. The molecule has 1 heterocycles. The average Bonchev–Trinajstić information content (AvgIpc) is 2.68. The van der Waals surface area contributed by atoms with Crippen LogP contribution in [-0.4, -0.2) is 66.3 Å². The second-order valence-corrected chi connectivity index (χ2v) is 4.95. The van der Waals surface area contributed by atoms with Crippen LogP contribution in [0.3, 0.4) is 0 Å². The molecule has 4 atom stereocenters. The molecular formula is C14H21NO5. The number of benzene rings is 1. The smallest absolute Gasteiger partial charge is 0.127 e. The summed E-state index contributed by atoms with van der Waals surface area (Å²) in [4.78, 5) is 1.76. The highest BCUT2D eigenvalue weighted by molar-refractivity contribution is 5.43. The highest BCUT2D eigenvalue weighted by atomic mass is 16.5. The molecular weight excluding hydrogens is 262 g/mol. The van der Waals surface area contributed by atoms with Gasteiger partial charge in [0, 0.05) is 11.6 Å². The Morgan fingerprint density at radius 2 is 1.85 bits per heavy atom. The molecule has 0 spiro atoms. The van der Waals surface area contributed by atoms with Crippen molar-refractivity contribution in [2.45, 2.75) is 24.3 Å². The SMILES string of the molecule is COc1ccc([C@@H]2[C@@H](O)[C@H](O)[C@@H](CO)N2C)c(OC)c1. The number of rotatable bonds is 4. The van der Waals surface area contributed by atoms with E-state index in [1.54, 1.807) is 44.4 Å². The summed E-state index contributed by atoms with van der Waals surface area (Å²) in [6.07, 6.45) is -1.98. The van der Waals surface area contributed by atoms with E-state index in [1.807, 2.05) is 0 Å². The van der Waals surface area contributed by atoms with Gasteiger partial charge in [-0.15, -0.1) is 0 Å². The van der Waals surface area contributed by atoms with Crippen LogP contribution in [0, 0.1) is 0 Å². The molecule has 0 saturated carbocycles. The summed E-state index contributed by atoms with van der Waals surface area (Å²) < 4.78 is 10.5. The van der Waals surface area contributed by atoms with Crippen LogP contribution in [0.25, 0.3) is 0 Å². The molecule has 1 aromatic rings. The van der Waals surface area contributed by atoms with Crippen molar-refractivity contribution in [3.63, 3.8) is 0 Å². The number of hydrogen-bond donors (Lipinski definition) is 3. The molecule has 6 heteroatoms. The van der Waals surface area contributed by atoms with Gasteiger partial charge in [0.2, 0.25) is 0 Å². The van der Waals surface area contributed by atoms with Gasteiger partial charge in [-0.05, 0) is 19.2 Å². The van der Waals surface area contributed by atoms with Crippen molar-refractivity contribution < 1.29 is 24.8 Å². The van der Waals surface area contributed by atoms with E-state index in [0.29, 0.717) is 11.5 Å². The van der Waals surface area contributed by atoms with Gasteiger partial charge >= 0.3 is 0 Å². The van der Waals surface area contributed by atoms with Crippen molar-refractivity contribution in [1.82, 2.24) is 4.90 Å². The van der Waals surface area contributed by atoms with E-state index in [4.69, 9.17) is 9.47 Å². The molecule has 0 aliphatic carbocycles. The first-order chi connectivity index (χ1) is 9.54. The fourth-order valence-corrected chi connectivity index (χ4v) is 2.81.